The van der Waals surface area contributed by atoms with Crippen LogP contribution in [0.2, 0.25) is 0 Å². The van der Waals surface area contributed by atoms with E-state index in [0.29, 0.717) is 11.1 Å². The summed E-state index contributed by atoms with van der Waals surface area (Å²) in [4.78, 5) is 25.1. The van der Waals surface area contributed by atoms with Gasteiger partial charge in [0.1, 0.15) is 17.2 Å². The van der Waals surface area contributed by atoms with Gasteiger partial charge in [0.25, 0.3) is 5.91 Å². The number of pyridine rings is 1. The molecule has 0 spiro atoms. The molecule has 3 aromatic rings. The summed E-state index contributed by atoms with van der Waals surface area (Å²) in [6, 6.07) is 9.19. The fourth-order valence-electron chi connectivity index (χ4n) is 2.74. The van der Waals surface area contributed by atoms with E-state index in [9.17, 15) is 18.4 Å². The second-order valence-electron chi connectivity index (χ2n) is 5.89. The fraction of sp³-hybridized carbons (Fsp3) is 0.158. The topological polar surface area (TPSA) is 51.1 Å². The molecule has 1 heterocycles. The molecule has 1 amide bonds. The number of carbonyl (C=O) groups excluding carboxylic acids is 1. The number of rotatable bonds is 3. The lowest BCUT2D eigenvalue weighted by molar-refractivity contribution is 0.0938. The average molecular weight is 342 g/mol. The second-order valence-corrected chi connectivity index (χ2v) is 5.89. The van der Waals surface area contributed by atoms with Crippen LogP contribution >= 0.6 is 0 Å². The van der Waals surface area contributed by atoms with E-state index in [-0.39, 0.29) is 16.8 Å². The molecule has 3 rings (SSSR count). The number of carbonyl (C=O) groups is 1. The lowest BCUT2D eigenvalue weighted by atomic mass is 10.1. The molecule has 1 N–H and O–H groups in total. The minimum atomic E-state index is -0.566. The minimum absolute atomic E-state index is 0.0745. The van der Waals surface area contributed by atoms with Crippen LogP contribution in [0.3, 0.4) is 0 Å². The van der Waals surface area contributed by atoms with E-state index in [1.807, 2.05) is 0 Å². The zero-order valence-electron chi connectivity index (χ0n) is 13.7. The van der Waals surface area contributed by atoms with E-state index in [0.717, 1.165) is 6.07 Å². The summed E-state index contributed by atoms with van der Waals surface area (Å²) in [5, 5.41) is 2.85. The number of aromatic nitrogens is 1. The first-order valence-electron chi connectivity index (χ1n) is 7.72. The Morgan fingerprint density at radius 1 is 1.08 bits per heavy atom. The van der Waals surface area contributed by atoms with Crippen LogP contribution in [0, 0.1) is 11.6 Å². The van der Waals surface area contributed by atoms with Crippen molar-refractivity contribution >= 4 is 16.8 Å². The minimum Gasteiger partial charge on any atom is -0.350 e. The maximum absolute atomic E-state index is 13.5. The number of benzene rings is 2. The van der Waals surface area contributed by atoms with Crippen molar-refractivity contribution in [2.24, 2.45) is 7.05 Å². The van der Waals surface area contributed by atoms with Crippen LogP contribution in [-0.4, -0.2) is 10.5 Å². The standard InChI is InChI=1S/C19H16F2N2O2/c1-11(12-3-5-13(20)6-4-12)22-19(25)16-10-23(2)17-8-7-14(21)9-15(17)18(16)24/h3-11H,1-2H3,(H,22,25)/t11-/m0/s1. The summed E-state index contributed by atoms with van der Waals surface area (Å²) < 4.78 is 28.1. The molecule has 6 heteroatoms. The summed E-state index contributed by atoms with van der Waals surface area (Å²) in [6.45, 7) is 1.73. The van der Waals surface area contributed by atoms with E-state index in [1.54, 1.807) is 30.7 Å². The molecule has 128 valence electrons. The van der Waals surface area contributed by atoms with Crippen LogP contribution < -0.4 is 10.7 Å². The molecule has 1 aromatic heterocycles. The van der Waals surface area contributed by atoms with Crippen LogP contribution in [-0.2, 0) is 7.05 Å². The van der Waals surface area contributed by atoms with Crippen molar-refractivity contribution in [3.63, 3.8) is 0 Å². The zero-order chi connectivity index (χ0) is 18.1. The van der Waals surface area contributed by atoms with Crippen LogP contribution in [0.4, 0.5) is 8.78 Å². The molecule has 4 nitrogen and oxygen atoms in total. The Balaban J connectivity index is 1.95. The average Bonchev–Trinajstić information content (AvgIpc) is 2.58. The number of aryl methyl sites for hydroxylation is 1. The maximum Gasteiger partial charge on any atom is 0.257 e. The van der Waals surface area contributed by atoms with Crippen molar-refractivity contribution < 1.29 is 13.6 Å². The molecule has 0 saturated carbocycles. The quantitative estimate of drug-likeness (QED) is 0.794. The van der Waals surface area contributed by atoms with E-state index in [4.69, 9.17) is 0 Å². The third-order valence-electron chi connectivity index (χ3n) is 4.11. The second kappa shape index (κ2) is 6.47. The molecular weight excluding hydrogens is 326 g/mol. The Hall–Kier alpha value is -3.02. The van der Waals surface area contributed by atoms with Gasteiger partial charge in [-0.3, -0.25) is 9.59 Å². The third-order valence-corrected chi connectivity index (χ3v) is 4.11. The molecule has 0 unspecified atom stereocenters. The number of hydrogen-bond acceptors (Lipinski definition) is 2. The first-order valence-corrected chi connectivity index (χ1v) is 7.72. The molecule has 0 saturated heterocycles. The zero-order valence-corrected chi connectivity index (χ0v) is 13.7. The fourth-order valence-corrected chi connectivity index (χ4v) is 2.74. The van der Waals surface area contributed by atoms with Crippen molar-refractivity contribution in [3.05, 3.63) is 81.6 Å². The summed E-state index contributed by atoms with van der Waals surface area (Å²) in [7, 11) is 1.68. The van der Waals surface area contributed by atoms with Crippen molar-refractivity contribution in [2.45, 2.75) is 13.0 Å². The summed E-state index contributed by atoms with van der Waals surface area (Å²) in [5.74, 6) is -1.47. The lowest BCUT2D eigenvalue weighted by Gasteiger charge is -2.15. The van der Waals surface area contributed by atoms with Crippen LogP contribution in [0.1, 0.15) is 28.9 Å². The Morgan fingerprint density at radius 2 is 1.72 bits per heavy atom. The molecule has 0 fully saturated rings. The molecular formula is C19H16F2N2O2. The molecule has 0 aliphatic rings. The Labute approximate surface area is 142 Å². The maximum atomic E-state index is 13.5. The number of amides is 1. The highest BCUT2D eigenvalue weighted by atomic mass is 19.1. The van der Waals surface area contributed by atoms with E-state index in [1.165, 1.54) is 30.5 Å². The van der Waals surface area contributed by atoms with Crippen LogP contribution in [0.15, 0.2) is 53.5 Å². The van der Waals surface area contributed by atoms with E-state index >= 15 is 0 Å². The number of fused-ring (bicyclic) bond motifs is 1. The highest BCUT2D eigenvalue weighted by Crippen LogP contribution is 2.15. The van der Waals surface area contributed by atoms with Crippen molar-refractivity contribution in [3.8, 4) is 0 Å². The van der Waals surface area contributed by atoms with Gasteiger partial charge in [0.05, 0.1) is 11.6 Å². The smallest absolute Gasteiger partial charge is 0.257 e. The van der Waals surface area contributed by atoms with Gasteiger partial charge < -0.3 is 9.88 Å². The predicted octanol–water partition coefficient (Wildman–Crippen LogP) is 3.31. The molecule has 0 radical (unpaired) electrons. The van der Waals surface area contributed by atoms with Gasteiger partial charge in [-0.05, 0) is 42.8 Å². The Morgan fingerprint density at radius 3 is 2.40 bits per heavy atom. The van der Waals surface area contributed by atoms with Gasteiger partial charge in [0, 0.05) is 18.6 Å². The summed E-state index contributed by atoms with van der Waals surface area (Å²) in [5.41, 5.74) is 0.638. The Bertz CT molecular complexity index is 1010. The van der Waals surface area contributed by atoms with Gasteiger partial charge in [-0.2, -0.15) is 0 Å². The highest BCUT2D eigenvalue weighted by Gasteiger charge is 2.17. The molecule has 2 aromatic carbocycles. The monoisotopic (exact) mass is 342 g/mol. The van der Waals surface area contributed by atoms with Gasteiger partial charge >= 0.3 is 0 Å². The third kappa shape index (κ3) is 3.28. The summed E-state index contributed by atoms with van der Waals surface area (Å²) in [6.07, 6.45) is 1.43. The summed E-state index contributed by atoms with van der Waals surface area (Å²) >= 11 is 0. The highest BCUT2D eigenvalue weighted by molar-refractivity contribution is 5.97. The number of hydrogen-bond donors (Lipinski definition) is 1. The number of nitrogens with zero attached hydrogens (tertiary/aromatic N) is 1. The lowest BCUT2D eigenvalue weighted by Crippen LogP contribution is -2.31. The first kappa shape index (κ1) is 16.8. The molecule has 25 heavy (non-hydrogen) atoms. The molecule has 0 aliphatic heterocycles. The van der Waals surface area contributed by atoms with Gasteiger partial charge in [0.2, 0.25) is 5.43 Å². The number of nitrogens with one attached hydrogen (secondary N) is 1. The molecule has 0 bridgehead atoms. The van der Waals surface area contributed by atoms with Crippen molar-refractivity contribution in [1.29, 1.82) is 0 Å². The van der Waals surface area contributed by atoms with Gasteiger partial charge in [-0.15, -0.1) is 0 Å². The molecule has 0 aliphatic carbocycles. The first-order chi connectivity index (χ1) is 11.9. The Kier molecular flexibility index (Phi) is 4.35. The van der Waals surface area contributed by atoms with Crippen LogP contribution in [0.5, 0.6) is 0 Å². The van der Waals surface area contributed by atoms with E-state index in [2.05, 4.69) is 5.32 Å². The molecule has 1 atom stereocenters. The largest absolute Gasteiger partial charge is 0.350 e. The number of halogens is 2. The normalized spacial score (nSPS) is 12.2. The van der Waals surface area contributed by atoms with Crippen LogP contribution in [0.25, 0.3) is 10.9 Å². The van der Waals surface area contributed by atoms with Gasteiger partial charge in [-0.25, -0.2) is 8.78 Å². The van der Waals surface area contributed by atoms with Crippen molar-refractivity contribution in [2.75, 3.05) is 0 Å². The SMILES string of the molecule is C[C@H](NC(=O)c1cn(C)c2ccc(F)cc2c1=O)c1ccc(F)cc1. The van der Waals surface area contributed by atoms with Gasteiger partial charge in [-0.1, -0.05) is 12.1 Å². The van der Waals surface area contributed by atoms with Crippen molar-refractivity contribution in [1.82, 2.24) is 9.88 Å². The van der Waals surface area contributed by atoms with E-state index < -0.39 is 23.2 Å². The van der Waals surface area contributed by atoms with Gasteiger partial charge in [0.15, 0.2) is 0 Å². The predicted molar refractivity (Wildman–Crippen MR) is 91.4 cm³/mol.